The predicted octanol–water partition coefficient (Wildman–Crippen LogP) is 3.39. The second kappa shape index (κ2) is 8.33. The van der Waals surface area contributed by atoms with Crippen LogP contribution in [-0.2, 0) is 6.54 Å². The number of H-pyrrole nitrogens is 1. The topological polar surface area (TPSA) is 74.8 Å². The highest BCUT2D eigenvalue weighted by Gasteiger charge is 2.23. The van der Waals surface area contributed by atoms with Gasteiger partial charge in [0.15, 0.2) is 5.16 Å². The number of thioether (sulfide) groups is 1. The third kappa shape index (κ3) is 4.45. The summed E-state index contributed by atoms with van der Waals surface area (Å²) >= 11 is 3.13. The fourth-order valence-corrected chi connectivity index (χ4v) is 4.43. The SMILES string of the molecule is CSc1ncc(CN2CCC[C@@H](c3cc(=O)[nH]c(-c4cccs4)n3)C2)cn1. The van der Waals surface area contributed by atoms with Gasteiger partial charge in [-0.1, -0.05) is 17.8 Å². The summed E-state index contributed by atoms with van der Waals surface area (Å²) in [7, 11) is 0. The molecule has 0 saturated carbocycles. The molecule has 1 saturated heterocycles. The van der Waals surface area contributed by atoms with E-state index in [0.717, 1.165) is 53.8 Å². The molecule has 0 unspecified atom stereocenters. The van der Waals surface area contributed by atoms with Crippen molar-refractivity contribution in [2.45, 2.75) is 30.5 Å². The Hall–Kier alpha value is -2.03. The monoisotopic (exact) mass is 399 g/mol. The standard InChI is InChI=1S/C19H21N5OS2/c1-26-19-20-9-13(10-21-19)11-24-6-2-4-14(12-24)15-8-17(25)23-18(22-15)16-5-3-7-27-16/h3,5,7-10,14H,2,4,6,11-12H2,1H3,(H,22,23,25)/t14-/m1/s1. The molecule has 0 spiro atoms. The van der Waals surface area contributed by atoms with Gasteiger partial charge in [-0.05, 0) is 37.1 Å². The minimum Gasteiger partial charge on any atom is -0.306 e. The van der Waals surface area contributed by atoms with Crippen molar-refractivity contribution in [2.75, 3.05) is 19.3 Å². The predicted molar refractivity (Wildman–Crippen MR) is 109 cm³/mol. The molecule has 8 heteroatoms. The molecule has 0 aromatic carbocycles. The van der Waals surface area contributed by atoms with Gasteiger partial charge in [-0.3, -0.25) is 9.69 Å². The van der Waals surface area contributed by atoms with Gasteiger partial charge in [-0.2, -0.15) is 0 Å². The number of nitrogens with zero attached hydrogens (tertiary/aromatic N) is 4. The lowest BCUT2D eigenvalue weighted by atomic mass is 9.94. The summed E-state index contributed by atoms with van der Waals surface area (Å²) in [5, 5.41) is 2.79. The maximum absolute atomic E-state index is 12.2. The van der Waals surface area contributed by atoms with E-state index in [9.17, 15) is 4.79 Å². The Morgan fingerprint density at radius 1 is 1.37 bits per heavy atom. The summed E-state index contributed by atoms with van der Waals surface area (Å²) in [5.74, 6) is 0.942. The number of nitrogens with one attached hydrogen (secondary N) is 1. The molecule has 1 N–H and O–H groups in total. The Balaban J connectivity index is 1.50. The van der Waals surface area contributed by atoms with E-state index in [4.69, 9.17) is 4.98 Å². The quantitative estimate of drug-likeness (QED) is 0.524. The number of hydrogen-bond donors (Lipinski definition) is 1. The molecule has 6 nitrogen and oxygen atoms in total. The zero-order valence-electron chi connectivity index (χ0n) is 15.1. The van der Waals surface area contributed by atoms with Crippen molar-refractivity contribution in [3.8, 4) is 10.7 Å². The Bertz CT molecular complexity index is 939. The van der Waals surface area contributed by atoms with Gasteiger partial charge in [0.25, 0.3) is 5.56 Å². The molecule has 0 radical (unpaired) electrons. The summed E-state index contributed by atoms with van der Waals surface area (Å²) in [5.41, 5.74) is 1.93. The number of rotatable bonds is 5. The first-order chi connectivity index (χ1) is 13.2. The van der Waals surface area contributed by atoms with Gasteiger partial charge in [-0.15, -0.1) is 11.3 Å². The van der Waals surface area contributed by atoms with E-state index in [1.165, 1.54) is 0 Å². The van der Waals surface area contributed by atoms with E-state index in [1.807, 2.05) is 36.2 Å². The van der Waals surface area contributed by atoms with Crippen molar-refractivity contribution in [1.29, 1.82) is 0 Å². The van der Waals surface area contributed by atoms with Crippen LogP contribution in [0.3, 0.4) is 0 Å². The number of aromatic nitrogens is 4. The van der Waals surface area contributed by atoms with Crippen LogP contribution in [0.1, 0.15) is 30.0 Å². The van der Waals surface area contributed by atoms with Crippen molar-refractivity contribution in [2.24, 2.45) is 0 Å². The van der Waals surface area contributed by atoms with Gasteiger partial charge in [0, 0.05) is 43.0 Å². The minimum absolute atomic E-state index is 0.0819. The van der Waals surface area contributed by atoms with Gasteiger partial charge in [0.05, 0.1) is 10.6 Å². The van der Waals surface area contributed by atoms with Crippen molar-refractivity contribution >= 4 is 23.1 Å². The molecule has 1 aliphatic rings. The first-order valence-electron chi connectivity index (χ1n) is 8.93. The highest BCUT2D eigenvalue weighted by molar-refractivity contribution is 7.98. The highest BCUT2D eigenvalue weighted by Crippen LogP contribution is 2.28. The Labute approximate surface area is 166 Å². The molecular formula is C19H21N5OS2. The van der Waals surface area contributed by atoms with Gasteiger partial charge in [0.2, 0.25) is 0 Å². The van der Waals surface area contributed by atoms with E-state index >= 15 is 0 Å². The lowest BCUT2D eigenvalue weighted by molar-refractivity contribution is 0.198. The largest absolute Gasteiger partial charge is 0.306 e. The van der Waals surface area contributed by atoms with Crippen LogP contribution in [0.15, 0.2) is 45.9 Å². The zero-order chi connectivity index (χ0) is 18.6. The van der Waals surface area contributed by atoms with E-state index in [-0.39, 0.29) is 11.5 Å². The van der Waals surface area contributed by atoms with Crippen LogP contribution in [0.2, 0.25) is 0 Å². The van der Waals surface area contributed by atoms with E-state index < -0.39 is 0 Å². The third-order valence-electron chi connectivity index (χ3n) is 4.71. The number of hydrogen-bond acceptors (Lipinski definition) is 7. The number of likely N-dealkylation sites (tertiary alicyclic amines) is 1. The van der Waals surface area contributed by atoms with Crippen molar-refractivity contribution in [3.05, 3.63) is 57.6 Å². The van der Waals surface area contributed by atoms with Crippen molar-refractivity contribution in [3.63, 3.8) is 0 Å². The first-order valence-corrected chi connectivity index (χ1v) is 11.0. The molecule has 1 atom stereocenters. The molecule has 1 aliphatic heterocycles. The Kier molecular flexibility index (Phi) is 5.66. The highest BCUT2D eigenvalue weighted by atomic mass is 32.2. The van der Waals surface area contributed by atoms with Crippen LogP contribution in [0.4, 0.5) is 0 Å². The Morgan fingerprint density at radius 2 is 2.22 bits per heavy atom. The average Bonchev–Trinajstić information content (AvgIpc) is 3.23. The second-order valence-corrected chi connectivity index (χ2v) is 8.37. The van der Waals surface area contributed by atoms with Crippen LogP contribution in [0.5, 0.6) is 0 Å². The molecule has 140 valence electrons. The van der Waals surface area contributed by atoms with Crippen molar-refractivity contribution in [1.82, 2.24) is 24.8 Å². The number of aromatic amines is 1. The van der Waals surface area contributed by atoms with E-state index in [2.05, 4.69) is 19.9 Å². The molecule has 27 heavy (non-hydrogen) atoms. The van der Waals surface area contributed by atoms with Crippen LogP contribution in [0, 0.1) is 0 Å². The van der Waals surface area contributed by atoms with Gasteiger partial charge in [0.1, 0.15) is 5.82 Å². The molecule has 1 fully saturated rings. The van der Waals surface area contributed by atoms with Gasteiger partial charge >= 0.3 is 0 Å². The molecule has 0 amide bonds. The Morgan fingerprint density at radius 3 is 2.96 bits per heavy atom. The molecule has 0 aliphatic carbocycles. The molecule has 3 aromatic rings. The molecule has 4 heterocycles. The van der Waals surface area contributed by atoms with Crippen LogP contribution in [-0.4, -0.2) is 44.2 Å². The number of piperidine rings is 1. The normalized spacial score (nSPS) is 17.9. The first kappa shape index (κ1) is 18.3. The average molecular weight is 400 g/mol. The zero-order valence-corrected chi connectivity index (χ0v) is 16.7. The maximum atomic E-state index is 12.2. The second-order valence-electron chi connectivity index (χ2n) is 6.65. The van der Waals surface area contributed by atoms with E-state index in [1.54, 1.807) is 29.2 Å². The molecular weight excluding hydrogens is 378 g/mol. The summed E-state index contributed by atoms with van der Waals surface area (Å²) in [6.07, 6.45) is 7.94. The van der Waals surface area contributed by atoms with E-state index in [0.29, 0.717) is 5.82 Å². The van der Waals surface area contributed by atoms with Crippen molar-refractivity contribution < 1.29 is 0 Å². The molecule has 3 aromatic heterocycles. The van der Waals surface area contributed by atoms with Crippen LogP contribution < -0.4 is 5.56 Å². The fourth-order valence-electron chi connectivity index (χ4n) is 3.44. The third-order valence-corrected chi connectivity index (χ3v) is 6.16. The summed E-state index contributed by atoms with van der Waals surface area (Å²) in [4.78, 5) is 31.9. The molecule has 0 bridgehead atoms. The smallest absolute Gasteiger partial charge is 0.251 e. The van der Waals surface area contributed by atoms with Gasteiger partial charge < -0.3 is 4.98 Å². The van der Waals surface area contributed by atoms with Crippen LogP contribution in [0.25, 0.3) is 10.7 Å². The van der Waals surface area contributed by atoms with Gasteiger partial charge in [-0.25, -0.2) is 15.0 Å². The summed E-state index contributed by atoms with van der Waals surface area (Å²) in [6, 6.07) is 5.61. The maximum Gasteiger partial charge on any atom is 0.251 e. The fraction of sp³-hybridized carbons (Fsp3) is 0.368. The summed E-state index contributed by atoms with van der Waals surface area (Å²) < 4.78 is 0. The minimum atomic E-state index is -0.0819. The summed E-state index contributed by atoms with van der Waals surface area (Å²) in [6.45, 7) is 2.76. The molecule has 4 rings (SSSR count). The lowest BCUT2D eigenvalue weighted by Gasteiger charge is -2.32. The number of thiophene rings is 1. The van der Waals surface area contributed by atoms with Crippen LogP contribution >= 0.6 is 23.1 Å². The lowest BCUT2D eigenvalue weighted by Crippen LogP contribution is -2.34.